The van der Waals surface area contributed by atoms with Crippen LogP contribution < -0.4 is 22.1 Å². The molecule has 0 bridgehead atoms. The highest BCUT2D eigenvalue weighted by Crippen LogP contribution is 2.27. The monoisotopic (exact) mass is 642 g/mol. The number of hydrogen-bond acceptors (Lipinski definition) is 9. The summed E-state index contributed by atoms with van der Waals surface area (Å²) in [4.78, 5) is 26.0. The second-order valence-corrected chi connectivity index (χ2v) is 13.8. The Morgan fingerprint density at radius 2 is 0.867 bits per heavy atom. The summed E-state index contributed by atoms with van der Waals surface area (Å²) in [5, 5.41) is 15.4. The van der Waals surface area contributed by atoms with Crippen molar-refractivity contribution in [1.82, 2.24) is 0 Å². The summed E-state index contributed by atoms with van der Waals surface area (Å²) >= 11 is 0. The molecule has 5 rings (SSSR count). The Balaban J connectivity index is 1.35. The number of rotatable bonds is 8. The van der Waals surface area contributed by atoms with Gasteiger partial charge in [-0.2, -0.15) is 0 Å². The molecule has 0 saturated heterocycles. The molecule has 45 heavy (non-hydrogen) atoms. The van der Waals surface area contributed by atoms with E-state index < -0.39 is 31.5 Å². The van der Waals surface area contributed by atoms with Crippen molar-refractivity contribution >= 4 is 54.2 Å². The zero-order chi connectivity index (χ0) is 32.4. The standard InChI is InChI=1S/C32H26N4O7S2/c33-22-5-1-9-27(16-22)44(40,41)29-11-3-7-24(18-29)35-31(38)20-13-21(15-26(37)14-20)32(39)36-25-8-4-12-30(19-25)45(42,43)28-10-2-6-23(34)17-28/h1-19,37H,33-34H2,(H,35,38)(H,36,39). The lowest BCUT2D eigenvalue weighted by molar-refractivity contribution is 0.102. The Kier molecular flexibility index (Phi) is 8.31. The summed E-state index contributed by atoms with van der Waals surface area (Å²) in [6.07, 6.45) is 0. The topological polar surface area (TPSA) is 199 Å². The zero-order valence-corrected chi connectivity index (χ0v) is 25.0. The van der Waals surface area contributed by atoms with Gasteiger partial charge in [0.15, 0.2) is 0 Å². The number of nitrogens with two attached hydrogens (primary N) is 2. The lowest BCUT2D eigenvalue weighted by atomic mass is 10.1. The van der Waals surface area contributed by atoms with Gasteiger partial charge in [-0.05, 0) is 91.0 Å². The van der Waals surface area contributed by atoms with Gasteiger partial charge in [0.2, 0.25) is 19.7 Å². The maximum absolute atomic E-state index is 13.1. The maximum Gasteiger partial charge on any atom is 0.255 e. The fourth-order valence-electron chi connectivity index (χ4n) is 4.40. The van der Waals surface area contributed by atoms with Gasteiger partial charge in [0.1, 0.15) is 5.75 Å². The number of anilines is 4. The van der Waals surface area contributed by atoms with E-state index in [2.05, 4.69) is 10.6 Å². The molecule has 13 heteroatoms. The Bertz CT molecular complexity index is 2030. The Morgan fingerprint density at radius 1 is 0.511 bits per heavy atom. The van der Waals surface area contributed by atoms with Gasteiger partial charge in [0, 0.05) is 33.9 Å². The van der Waals surface area contributed by atoms with Crippen molar-refractivity contribution in [1.29, 1.82) is 0 Å². The van der Waals surface area contributed by atoms with Gasteiger partial charge in [-0.15, -0.1) is 0 Å². The van der Waals surface area contributed by atoms with Crippen LogP contribution in [0, 0.1) is 0 Å². The molecular formula is C32H26N4O7S2. The number of phenolic OH excluding ortho intramolecular Hbond substituents is 1. The predicted molar refractivity (Wildman–Crippen MR) is 170 cm³/mol. The minimum atomic E-state index is -3.94. The molecule has 0 aliphatic heterocycles. The number of carbonyl (C=O) groups excluding carboxylic acids is 2. The normalized spacial score (nSPS) is 11.5. The van der Waals surface area contributed by atoms with Crippen molar-refractivity contribution in [2.24, 2.45) is 0 Å². The third-order valence-corrected chi connectivity index (χ3v) is 10.1. The highest BCUT2D eigenvalue weighted by Gasteiger charge is 2.21. The van der Waals surface area contributed by atoms with Crippen LogP contribution in [0.3, 0.4) is 0 Å². The molecule has 11 nitrogen and oxygen atoms in total. The first-order valence-corrected chi connectivity index (χ1v) is 16.2. The highest BCUT2D eigenvalue weighted by atomic mass is 32.2. The van der Waals surface area contributed by atoms with Crippen LogP contribution in [0.1, 0.15) is 20.7 Å². The zero-order valence-electron chi connectivity index (χ0n) is 23.3. The molecule has 0 saturated carbocycles. The largest absolute Gasteiger partial charge is 0.508 e. The van der Waals surface area contributed by atoms with Crippen molar-refractivity contribution in [3.05, 3.63) is 126 Å². The molecule has 0 unspecified atom stereocenters. The van der Waals surface area contributed by atoms with Crippen LogP contribution in [0.25, 0.3) is 0 Å². The number of nitrogens with one attached hydrogen (secondary N) is 2. The van der Waals surface area contributed by atoms with Crippen LogP contribution in [0.5, 0.6) is 5.75 Å². The van der Waals surface area contributed by atoms with E-state index in [0.717, 1.165) is 12.1 Å². The molecule has 5 aromatic carbocycles. The minimum absolute atomic E-state index is 0.0116. The van der Waals surface area contributed by atoms with Gasteiger partial charge in [0.25, 0.3) is 11.8 Å². The van der Waals surface area contributed by atoms with Crippen LogP contribution in [-0.2, 0) is 19.7 Å². The average molecular weight is 643 g/mol. The average Bonchev–Trinajstić information content (AvgIpc) is 3.01. The molecular weight excluding hydrogens is 617 g/mol. The smallest absolute Gasteiger partial charge is 0.255 e. The molecule has 7 N–H and O–H groups in total. The SMILES string of the molecule is Nc1cccc(S(=O)(=O)c2cccc(NC(=O)c3cc(O)cc(C(=O)Nc4cccc(S(=O)(=O)c5cccc(N)c5)c4)c3)c2)c1. The molecule has 2 amide bonds. The molecule has 0 aliphatic carbocycles. The van der Waals surface area contributed by atoms with Crippen LogP contribution in [0.2, 0.25) is 0 Å². The number of aromatic hydroxyl groups is 1. The lowest BCUT2D eigenvalue weighted by Gasteiger charge is -2.11. The van der Waals surface area contributed by atoms with Gasteiger partial charge in [-0.1, -0.05) is 24.3 Å². The second kappa shape index (κ2) is 12.1. The Morgan fingerprint density at radius 3 is 1.24 bits per heavy atom. The maximum atomic E-state index is 13.1. The summed E-state index contributed by atoms with van der Waals surface area (Å²) in [5.74, 6) is -1.84. The van der Waals surface area contributed by atoms with Gasteiger partial charge in [0.05, 0.1) is 19.6 Å². The first-order valence-electron chi connectivity index (χ1n) is 13.2. The van der Waals surface area contributed by atoms with E-state index in [1.54, 1.807) is 12.1 Å². The van der Waals surface area contributed by atoms with Crippen LogP contribution >= 0.6 is 0 Å². The number of nitrogen functional groups attached to an aromatic ring is 2. The van der Waals surface area contributed by atoms with Crippen LogP contribution in [-0.4, -0.2) is 33.8 Å². The third kappa shape index (κ3) is 6.79. The van der Waals surface area contributed by atoms with E-state index in [1.807, 2.05) is 0 Å². The second-order valence-electron chi connectivity index (χ2n) is 9.88. The van der Waals surface area contributed by atoms with Crippen molar-refractivity contribution in [2.45, 2.75) is 19.6 Å². The van der Waals surface area contributed by atoms with E-state index in [4.69, 9.17) is 11.5 Å². The molecule has 0 atom stereocenters. The van der Waals surface area contributed by atoms with Gasteiger partial charge < -0.3 is 27.2 Å². The van der Waals surface area contributed by atoms with Crippen LogP contribution in [0.15, 0.2) is 135 Å². The van der Waals surface area contributed by atoms with Crippen molar-refractivity contribution in [2.75, 3.05) is 22.1 Å². The summed E-state index contributed by atoms with van der Waals surface area (Å²) in [5.41, 5.74) is 12.1. The van der Waals surface area contributed by atoms with Crippen molar-refractivity contribution in [3.8, 4) is 5.75 Å². The van der Waals surface area contributed by atoms with Gasteiger partial charge in [-0.25, -0.2) is 16.8 Å². The fraction of sp³-hybridized carbons (Fsp3) is 0. The molecule has 0 heterocycles. The summed E-state index contributed by atoms with van der Waals surface area (Å²) < 4.78 is 52.3. The Labute approximate surface area is 259 Å². The van der Waals surface area contributed by atoms with Crippen molar-refractivity contribution < 1.29 is 31.5 Å². The molecule has 5 aromatic rings. The third-order valence-electron chi connectivity index (χ3n) is 6.58. The molecule has 0 aromatic heterocycles. The van der Waals surface area contributed by atoms with Crippen molar-refractivity contribution in [3.63, 3.8) is 0 Å². The van der Waals surface area contributed by atoms with E-state index in [1.165, 1.54) is 91.0 Å². The molecule has 0 fully saturated rings. The number of benzene rings is 5. The molecule has 0 radical (unpaired) electrons. The first-order chi connectivity index (χ1) is 21.3. The highest BCUT2D eigenvalue weighted by molar-refractivity contribution is 7.91. The van der Waals surface area contributed by atoms with E-state index >= 15 is 0 Å². The van der Waals surface area contributed by atoms with Gasteiger partial charge >= 0.3 is 0 Å². The number of sulfone groups is 2. The van der Waals surface area contributed by atoms with E-state index in [9.17, 15) is 31.5 Å². The summed E-state index contributed by atoms with van der Waals surface area (Å²) in [7, 11) is -7.87. The Hall–Kier alpha value is -5.66. The van der Waals surface area contributed by atoms with Crippen LogP contribution in [0.4, 0.5) is 22.7 Å². The van der Waals surface area contributed by atoms with E-state index in [-0.39, 0.29) is 59.2 Å². The lowest BCUT2D eigenvalue weighted by Crippen LogP contribution is -2.16. The number of carbonyl (C=O) groups is 2. The molecule has 228 valence electrons. The molecule has 0 spiro atoms. The number of phenols is 1. The quantitative estimate of drug-likeness (QED) is 0.149. The number of hydrogen-bond donors (Lipinski definition) is 5. The molecule has 0 aliphatic rings. The fourth-order valence-corrected chi connectivity index (χ4v) is 7.12. The predicted octanol–water partition coefficient (Wildman–Crippen LogP) is 4.73. The van der Waals surface area contributed by atoms with E-state index in [0.29, 0.717) is 0 Å². The number of amides is 2. The summed E-state index contributed by atoms with van der Waals surface area (Å²) in [6.45, 7) is 0. The summed E-state index contributed by atoms with van der Waals surface area (Å²) in [6, 6.07) is 26.3. The first kappa shape index (κ1) is 30.8. The van der Waals surface area contributed by atoms with Gasteiger partial charge in [-0.3, -0.25) is 9.59 Å². The minimum Gasteiger partial charge on any atom is -0.508 e.